The summed E-state index contributed by atoms with van der Waals surface area (Å²) in [7, 11) is 0. The highest BCUT2D eigenvalue weighted by Gasteiger charge is 2.18. The second kappa shape index (κ2) is 8.16. The first-order valence-corrected chi connectivity index (χ1v) is 9.67. The number of hydrogen-bond donors (Lipinski definition) is 4. The van der Waals surface area contributed by atoms with Gasteiger partial charge < -0.3 is 15.5 Å². The summed E-state index contributed by atoms with van der Waals surface area (Å²) in [5.41, 5.74) is 8.97. The third-order valence-electron chi connectivity index (χ3n) is 4.87. The minimum Gasteiger partial charge on any atom is -0.462 e. The fourth-order valence-electron chi connectivity index (χ4n) is 3.40. The van der Waals surface area contributed by atoms with Crippen molar-refractivity contribution in [1.82, 2.24) is 15.2 Å². The summed E-state index contributed by atoms with van der Waals surface area (Å²) in [4.78, 5) is 28.3. The average Bonchev–Trinajstić information content (AvgIpc) is 3.28. The summed E-state index contributed by atoms with van der Waals surface area (Å²) >= 11 is 0. The molecular formula is C23H22N4O3. The van der Waals surface area contributed by atoms with Crippen molar-refractivity contribution in [3.8, 4) is 0 Å². The molecular weight excluding hydrogens is 380 g/mol. The number of aromatic amines is 3. The molecule has 7 nitrogen and oxygen atoms in total. The standard InChI is InChI=1S/C23H22N4O3/c1-2-30-23(29)21-16-5-3-4-6-18(16)25-20(21)13-17-19(26-27-22(17)28)12-9-14-7-10-15(24)11-8-14/h3-8,10-13,25-26H,2,9,24H2,1H3,(H,27,28). The maximum absolute atomic E-state index is 12.6. The van der Waals surface area contributed by atoms with Crippen molar-refractivity contribution in [1.29, 1.82) is 0 Å². The van der Waals surface area contributed by atoms with E-state index in [9.17, 15) is 9.59 Å². The average molecular weight is 402 g/mol. The van der Waals surface area contributed by atoms with Gasteiger partial charge in [-0.05, 0) is 43.2 Å². The Hall–Kier alpha value is -4.00. The highest BCUT2D eigenvalue weighted by Crippen LogP contribution is 2.23. The van der Waals surface area contributed by atoms with Crippen LogP contribution in [0.3, 0.4) is 0 Å². The topological polar surface area (TPSA) is 117 Å². The molecule has 30 heavy (non-hydrogen) atoms. The van der Waals surface area contributed by atoms with Crippen molar-refractivity contribution in [2.24, 2.45) is 0 Å². The third kappa shape index (κ3) is 3.77. The molecule has 0 atom stereocenters. The smallest absolute Gasteiger partial charge is 0.340 e. The number of carbonyl (C=O) groups excluding carboxylic acids is 1. The highest BCUT2D eigenvalue weighted by atomic mass is 16.5. The van der Waals surface area contributed by atoms with Gasteiger partial charge in [0.2, 0.25) is 0 Å². The van der Waals surface area contributed by atoms with Gasteiger partial charge in [-0.2, -0.15) is 0 Å². The molecule has 0 saturated heterocycles. The summed E-state index contributed by atoms with van der Waals surface area (Å²) in [5, 5.41) is 7.35. The Balaban J connectivity index is 1.84. The minimum absolute atomic E-state index is 0.267. The van der Waals surface area contributed by atoms with Crippen molar-refractivity contribution in [3.63, 3.8) is 0 Å². The lowest BCUT2D eigenvalue weighted by atomic mass is 10.1. The number of esters is 1. The van der Waals surface area contributed by atoms with Crippen molar-refractivity contribution in [2.75, 3.05) is 12.3 Å². The molecule has 0 radical (unpaired) electrons. The predicted octanol–water partition coefficient (Wildman–Crippen LogP) is 1.80. The molecule has 0 aliphatic heterocycles. The number of aromatic nitrogens is 3. The largest absolute Gasteiger partial charge is 0.462 e. The zero-order chi connectivity index (χ0) is 21.1. The van der Waals surface area contributed by atoms with E-state index in [4.69, 9.17) is 10.5 Å². The molecule has 4 rings (SSSR count). The summed E-state index contributed by atoms with van der Waals surface area (Å²) in [6.45, 7) is 2.03. The number of hydrogen-bond acceptors (Lipinski definition) is 4. The molecule has 2 aromatic heterocycles. The van der Waals surface area contributed by atoms with Crippen molar-refractivity contribution in [2.45, 2.75) is 13.3 Å². The van der Waals surface area contributed by atoms with Gasteiger partial charge in [-0.15, -0.1) is 0 Å². The monoisotopic (exact) mass is 402 g/mol. The number of carbonyl (C=O) groups is 1. The van der Waals surface area contributed by atoms with E-state index < -0.39 is 5.97 Å². The number of rotatable bonds is 5. The molecule has 152 valence electrons. The second-order valence-electron chi connectivity index (χ2n) is 6.88. The minimum atomic E-state index is -0.430. The molecule has 0 unspecified atom stereocenters. The van der Waals surface area contributed by atoms with E-state index in [0.717, 1.165) is 16.5 Å². The number of fused-ring (bicyclic) bond motifs is 1. The molecule has 7 heteroatoms. The van der Waals surface area contributed by atoms with Crippen LogP contribution in [0, 0.1) is 0 Å². The normalized spacial score (nSPS) is 12.6. The Bertz CT molecular complexity index is 1370. The molecule has 0 aliphatic rings. The van der Waals surface area contributed by atoms with Crippen LogP contribution in [0.4, 0.5) is 5.69 Å². The number of nitrogens with two attached hydrogens (primary N) is 1. The van der Waals surface area contributed by atoms with E-state index in [2.05, 4.69) is 15.2 Å². The lowest BCUT2D eigenvalue weighted by Crippen LogP contribution is -2.33. The lowest BCUT2D eigenvalue weighted by Gasteiger charge is -2.01. The van der Waals surface area contributed by atoms with Crippen LogP contribution in [0.1, 0.15) is 28.5 Å². The lowest BCUT2D eigenvalue weighted by molar-refractivity contribution is 0.0528. The van der Waals surface area contributed by atoms with Gasteiger partial charge in [0.15, 0.2) is 0 Å². The Morgan fingerprint density at radius 1 is 1.10 bits per heavy atom. The highest BCUT2D eigenvalue weighted by molar-refractivity contribution is 6.07. The molecule has 0 spiro atoms. The quantitative estimate of drug-likeness (QED) is 0.301. The second-order valence-corrected chi connectivity index (χ2v) is 6.88. The Kier molecular flexibility index (Phi) is 5.26. The van der Waals surface area contributed by atoms with E-state index >= 15 is 0 Å². The summed E-state index contributed by atoms with van der Waals surface area (Å²) in [6, 6.07) is 15.0. The fraction of sp³-hybridized carbons (Fsp3) is 0.130. The molecule has 5 N–H and O–H groups in total. The van der Waals surface area contributed by atoms with Gasteiger partial charge in [0.05, 0.1) is 28.4 Å². The van der Waals surface area contributed by atoms with Gasteiger partial charge in [0.25, 0.3) is 5.56 Å². The zero-order valence-corrected chi connectivity index (χ0v) is 16.5. The summed E-state index contributed by atoms with van der Waals surface area (Å²) in [5.74, 6) is -0.430. The molecule has 2 aromatic carbocycles. The number of para-hydroxylation sites is 1. The number of H-pyrrole nitrogens is 3. The van der Waals surface area contributed by atoms with Gasteiger partial charge in [0.1, 0.15) is 0 Å². The Labute approximate surface area is 171 Å². The van der Waals surface area contributed by atoms with Crippen molar-refractivity contribution in [3.05, 3.63) is 86.3 Å². The third-order valence-corrected chi connectivity index (χ3v) is 4.87. The van der Waals surface area contributed by atoms with E-state index in [1.165, 1.54) is 0 Å². The summed E-state index contributed by atoms with van der Waals surface area (Å²) in [6.07, 6.45) is 4.21. The summed E-state index contributed by atoms with van der Waals surface area (Å²) < 4.78 is 5.24. The fourth-order valence-corrected chi connectivity index (χ4v) is 3.40. The van der Waals surface area contributed by atoms with Crippen molar-refractivity contribution < 1.29 is 9.53 Å². The first kappa shape index (κ1) is 19.3. The van der Waals surface area contributed by atoms with E-state index in [1.807, 2.05) is 54.6 Å². The van der Waals surface area contributed by atoms with E-state index in [0.29, 0.717) is 33.9 Å². The van der Waals surface area contributed by atoms with Crippen LogP contribution >= 0.6 is 0 Å². The van der Waals surface area contributed by atoms with Crippen LogP contribution in [0.5, 0.6) is 0 Å². The van der Waals surface area contributed by atoms with Crippen LogP contribution in [-0.2, 0) is 11.2 Å². The van der Waals surface area contributed by atoms with Crippen LogP contribution in [0.15, 0.2) is 53.3 Å². The molecule has 0 amide bonds. The number of nitrogens with one attached hydrogen (secondary N) is 3. The van der Waals surface area contributed by atoms with Gasteiger partial charge in [0, 0.05) is 16.6 Å². The van der Waals surface area contributed by atoms with Crippen molar-refractivity contribution >= 4 is 34.7 Å². The number of nitrogen functional groups attached to an aromatic ring is 1. The molecule has 2 heterocycles. The molecule has 4 aromatic rings. The molecule has 0 fully saturated rings. The van der Waals surface area contributed by atoms with Crippen LogP contribution in [0.2, 0.25) is 0 Å². The van der Waals surface area contributed by atoms with E-state index in [1.54, 1.807) is 13.0 Å². The van der Waals surface area contributed by atoms with Gasteiger partial charge >= 0.3 is 5.97 Å². The van der Waals surface area contributed by atoms with E-state index in [-0.39, 0.29) is 12.2 Å². The number of ether oxygens (including phenoxy) is 1. The zero-order valence-electron chi connectivity index (χ0n) is 16.5. The number of benzene rings is 2. The molecule has 0 bridgehead atoms. The van der Waals surface area contributed by atoms with Gasteiger partial charge in [-0.25, -0.2) is 4.79 Å². The first-order chi connectivity index (χ1) is 14.6. The van der Waals surface area contributed by atoms with Gasteiger partial charge in [-0.1, -0.05) is 36.4 Å². The SMILES string of the molecule is CCOC(=O)c1c(C=c2c(=O)[nH][nH]c2=CCc2ccc(N)cc2)[nH]c2ccccc12. The van der Waals surface area contributed by atoms with Gasteiger partial charge in [-0.3, -0.25) is 15.0 Å². The van der Waals surface area contributed by atoms with Crippen LogP contribution < -0.4 is 21.9 Å². The maximum Gasteiger partial charge on any atom is 0.340 e. The van der Waals surface area contributed by atoms with Crippen LogP contribution in [-0.4, -0.2) is 27.8 Å². The predicted molar refractivity (Wildman–Crippen MR) is 118 cm³/mol. The Morgan fingerprint density at radius 3 is 2.63 bits per heavy atom. The molecule has 0 saturated carbocycles. The Morgan fingerprint density at radius 2 is 1.87 bits per heavy atom. The number of anilines is 1. The van der Waals surface area contributed by atoms with Crippen LogP contribution in [0.25, 0.3) is 23.1 Å². The maximum atomic E-state index is 12.6. The first-order valence-electron chi connectivity index (χ1n) is 9.67. The molecule has 0 aliphatic carbocycles.